The molecule has 0 radical (unpaired) electrons. The summed E-state index contributed by atoms with van der Waals surface area (Å²) in [5.41, 5.74) is 7.23. The summed E-state index contributed by atoms with van der Waals surface area (Å²) in [5.74, 6) is 1.52. The molecule has 0 aliphatic rings. The van der Waals surface area contributed by atoms with Gasteiger partial charge in [0.05, 0.1) is 7.11 Å². The minimum Gasteiger partial charge on any atom is -0.497 e. The second kappa shape index (κ2) is 8.16. The number of anilines is 1. The molecule has 3 N–H and O–H groups in total. The Kier molecular flexibility index (Phi) is 5.83. The van der Waals surface area contributed by atoms with Crippen LogP contribution in [0.3, 0.4) is 0 Å². The number of carbonyl (C=O) groups is 1. The number of rotatable bonds is 6. The van der Waals surface area contributed by atoms with Gasteiger partial charge in [0, 0.05) is 11.1 Å². The number of carbonyl (C=O) groups excluding carboxylic acids is 1. The van der Waals surface area contributed by atoms with Crippen molar-refractivity contribution in [3.8, 4) is 28.6 Å². The maximum atomic E-state index is 12.3. The molecule has 0 unspecified atom stereocenters. The van der Waals surface area contributed by atoms with Crippen LogP contribution >= 0.6 is 11.8 Å². The molecule has 0 fully saturated rings. The Morgan fingerprint density at radius 1 is 1.31 bits per heavy atom. The van der Waals surface area contributed by atoms with Gasteiger partial charge < -0.3 is 20.3 Å². The maximum Gasteiger partial charge on any atom is 0.264 e. The van der Waals surface area contributed by atoms with Gasteiger partial charge in [-0.3, -0.25) is 4.79 Å². The van der Waals surface area contributed by atoms with Gasteiger partial charge in [-0.25, -0.2) is 4.68 Å². The molecule has 0 saturated heterocycles. The van der Waals surface area contributed by atoms with E-state index in [4.69, 9.17) is 15.0 Å². The molecule has 10 heteroatoms. The predicted molar refractivity (Wildman–Crippen MR) is 112 cm³/mol. The quantitative estimate of drug-likeness (QED) is 0.589. The Morgan fingerprint density at radius 2 is 2.00 bits per heavy atom. The van der Waals surface area contributed by atoms with Crippen LogP contribution in [0.1, 0.15) is 20.8 Å². The lowest BCUT2D eigenvalue weighted by Gasteiger charge is -2.20. The van der Waals surface area contributed by atoms with E-state index in [9.17, 15) is 4.79 Å². The number of hydrogen-bond donors (Lipinski definition) is 2. The number of nitrogen functional groups attached to an aromatic ring is 1. The van der Waals surface area contributed by atoms with E-state index in [0.717, 1.165) is 11.3 Å². The zero-order valence-electron chi connectivity index (χ0n) is 17.0. The molecule has 2 heterocycles. The number of aromatic nitrogens is 4. The van der Waals surface area contributed by atoms with E-state index in [1.54, 1.807) is 7.11 Å². The summed E-state index contributed by atoms with van der Waals surface area (Å²) >= 11 is 1.39. The fourth-order valence-electron chi connectivity index (χ4n) is 2.69. The van der Waals surface area contributed by atoms with Crippen LogP contribution in [0, 0.1) is 0 Å². The van der Waals surface area contributed by atoms with E-state index in [2.05, 4.69) is 20.6 Å². The van der Waals surface area contributed by atoms with Crippen molar-refractivity contribution < 1.29 is 14.1 Å². The summed E-state index contributed by atoms with van der Waals surface area (Å²) in [7, 11) is 1.60. The molecule has 3 rings (SSSR count). The number of methoxy groups -OCH3 is 1. The number of nitrogens with zero attached hydrogens (tertiary/aromatic N) is 4. The van der Waals surface area contributed by atoms with Gasteiger partial charge in [0.15, 0.2) is 0 Å². The van der Waals surface area contributed by atoms with E-state index in [0.29, 0.717) is 22.2 Å². The molecular weight excluding hydrogens is 392 g/mol. The fraction of sp³-hybridized carbons (Fsp3) is 0.368. The molecule has 0 aliphatic heterocycles. The van der Waals surface area contributed by atoms with Gasteiger partial charge in [-0.2, -0.15) is 10.1 Å². The third-order valence-corrected chi connectivity index (χ3v) is 4.62. The summed E-state index contributed by atoms with van der Waals surface area (Å²) in [6, 6.07) is 7.32. The van der Waals surface area contributed by atoms with E-state index >= 15 is 0 Å². The average molecular weight is 417 g/mol. The summed E-state index contributed by atoms with van der Waals surface area (Å²) in [6.45, 7) is 5.73. The summed E-state index contributed by atoms with van der Waals surface area (Å²) in [5, 5.41) is 12.0. The van der Waals surface area contributed by atoms with E-state index in [-0.39, 0.29) is 23.9 Å². The number of hydrogen-bond acceptors (Lipinski definition) is 8. The van der Waals surface area contributed by atoms with Crippen molar-refractivity contribution in [1.82, 2.24) is 25.2 Å². The van der Waals surface area contributed by atoms with E-state index < -0.39 is 0 Å². The van der Waals surface area contributed by atoms with Crippen LogP contribution < -0.4 is 15.8 Å². The van der Waals surface area contributed by atoms with Crippen molar-refractivity contribution >= 4 is 23.5 Å². The Labute approximate surface area is 173 Å². The lowest BCUT2D eigenvalue weighted by molar-refractivity contribution is -0.123. The molecule has 1 aromatic carbocycles. The minimum atomic E-state index is -0.343. The van der Waals surface area contributed by atoms with Gasteiger partial charge in [-0.15, -0.1) is 11.8 Å². The Morgan fingerprint density at radius 3 is 2.59 bits per heavy atom. The van der Waals surface area contributed by atoms with Gasteiger partial charge in [-0.1, -0.05) is 5.16 Å². The van der Waals surface area contributed by atoms with Gasteiger partial charge >= 0.3 is 0 Å². The van der Waals surface area contributed by atoms with Crippen LogP contribution in [0.5, 0.6) is 5.75 Å². The molecule has 0 bridgehead atoms. The summed E-state index contributed by atoms with van der Waals surface area (Å²) < 4.78 is 12.1. The molecule has 29 heavy (non-hydrogen) atoms. The lowest BCUT2D eigenvalue weighted by atomic mass is 10.1. The smallest absolute Gasteiger partial charge is 0.264 e. The molecule has 0 saturated carbocycles. The largest absolute Gasteiger partial charge is 0.497 e. The van der Waals surface area contributed by atoms with Crippen molar-refractivity contribution in [3.05, 3.63) is 24.3 Å². The highest BCUT2D eigenvalue weighted by molar-refractivity contribution is 7.98. The zero-order chi connectivity index (χ0) is 21.2. The predicted octanol–water partition coefficient (Wildman–Crippen LogP) is 2.83. The highest BCUT2D eigenvalue weighted by Gasteiger charge is 2.24. The second-order valence-corrected chi connectivity index (χ2v) is 8.17. The third-order valence-electron chi connectivity index (χ3n) is 3.95. The first-order chi connectivity index (χ1) is 13.7. The maximum absolute atomic E-state index is 12.3. The third kappa shape index (κ3) is 4.70. The van der Waals surface area contributed by atoms with Gasteiger partial charge in [0.1, 0.15) is 28.7 Å². The Hall–Kier alpha value is -3.01. The number of amides is 1. The fourth-order valence-corrected chi connectivity index (χ4v) is 3.27. The molecule has 2 aromatic heterocycles. The molecule has 1 amide bonds. The van der Waals surface area contributed by atoms with Crippen LogP contribution in [0.4, 0.5) is 5.82 Å². The van der Waals surface area contributed by atoms with Crippen LogP contribution in [-0.4, -0.2) is 44.7 Å². The number of thioether (sulfide) groups is 1. The highest BCUT2D eigenvalue weighted by Crippen LogP contribution is 2.35. The number of nitrogens with one attached hydrogen (secondary N) is 1. The SMILES string of the molecule is COc1ccc(-c2noc(-c3c(SC)nn(CC(=O)NC(C)(C)C)c3N)n2)cc1. The first-order valence-corrected chi connectivity index (χ1v) is 10.1. The molecule has 0 spiro atoms. The number of nitrogens with two attached hydrogens (primary N) is 1. The van der Waals surface area contributed by atoms with Crippen LogP contribution in [-0.2, 0) is 11.3 Å². The first kappa shape index (κ1) is 20.7. The lowest BCUT2D eigenvalue weighted by Crippen LogP contribution is -2.42. The van der Waals surface area contributed by atoms with Crippen molar-refractivity contribution in [3.63, 3.8) is 0 Å². The van der Waals surface area contributed by atoms with Crippen LogP contribution in [0.25, 0.3) is 22.8 Å². The topological polar surface area (TPSA) is 121 Å². The number of benzene rings is 1. The molecule has 3 aromatic rings. The zero-order valence-corrected chi connectivity index (χ0v) is 17.8. The summed E-state index contributed by atoms with van der Waals surface area (Å²) in [4.78, 5) is 16.7. The van der Waals surface area contributed by atoms with Gasteiger partial charge in [0.2, 0.25) is 11.7 Å². The average Bonchev–Trinajstić information content (AvgIpc) is 3.25. The van der Waals surface area contributed by atoms with Crippen molar-refractivity contribution in [1.29, 1.82) is 0 Å². The Bertz CT molecular complexity index is 1000. The highest BCUT2D eigenvalue weighted by atomic mass is 32.2. The van der Waals surface area contributed by atoms with Gasteiger partial charge in [-0.05, 0) is 51.3 Å². The van der Waals surface area contributed by atoms with E-state index in [1.165, 1.54) is 16.4 Å². The standard InChI is InChI=1S/C19H24N6O3S/c1-19(2,3)22-13(26)10-25-15(20)14(18(23-25)29-5)17-21-16(24-28-17)11-6-8-12(27-4)9-7-11/h6-9H,10,20H2,1-5H3,(H,22,26). The molecule has 154 valence electrons. The minimum absolute atomic E-state index is 0.00383. The number of ether oxygens (including phenoxy) is 1. The van der Waals surface area contributed by atoms with Crippen LogP contribution in [0.2, 0.25) is 0 Å². The molecule has 0 atom stereocenters. The van der Waals surface area contributed by atoms with Crippen LogP contribution in [0.15, 0.2) is 33.8 Å². The van der Waals surface area contributed by atoms with Crippen molar-refractivity contribution in [2.24, 2.45) is 0 Å². The molecule has 0 aliphatic carbocycles. The molecular formula is C19H24N6O3S. The second-order valence-electron chi connectivity index (χ2n) is 7.38. The monoisotopic (exact) mass is 416 g/mol. The first-order valence-electron chi connectivity index (χ1n) is 8.91. The molecule has 9 nitrogen and oxygen atoms in total. The van der Waals surface area contributed by atoms with E-state index in [1.807, 2.05) is 51.3 Å². The van der Waals surface area contributed by atoms with Crippen molar-refractivity contribution in [2.45, 2.75) is 37.9 Å². The normalized spacial score (nSPS) is 11.5. The Balaban J connectivity index is 1.89. The van der Waals surface area contributed by atoms with Crippen molar-refractivity contribution in [2.75, 3.05) is 19.1 Å². The summed E-state index contributed by atoms with van der Waals surface area (Å²) in [6.07, 6.45) is 1.87. The van der Waals surface area contributed by atoms with Gasteiger partial charge in [0.25, 0.3) is 5.89 Å².